The third kappa shape index (κ3) is 5.68. The van der Waals surface area contributed by atoms with Crippen molar-refractivity contribution in [2.75, 3.05) is 0 Å². The van der Waals surface area contributed by atoms with Gasteiger partial charge < -0.3 is 10.1 Å². The zero-order chi connectivity index (χ0) is 21.1. The lowest BCUT2D eigenvalue weighted by Crippen LogP contribution is -2.23. The summed E-state index contributed by atoms with van der Waals surface area (Å²) in [6.45, 7) is 1.49. The van der Waals surface area contributed by atoms with Gasteiger partial charge in [-0.15, -0.1) is 0 Å². The van der Waals surface area contributed by atoms with Crippen molar-refractivity contribution in [3.63, 3.8) is 0 Å². The molecule has 0 unspecified atom stereocenters. The van der Waals surface area contributed by atoms with Crippen LogP contribution in [0.3, 0.4) is 0 Å². The number of aliphatic imine (C=N–C) groups is 1. The van der Waals surface area contributed by atoms with E-state index in [-0.39, 0.29) is 27.7 Å². The lowest BCUT2D eigenvalue weighted by atomic mass is 10.2. The molecule has 2 aromatic carbocycles. The van der Waals surface area contributed by atoms with Crippen LogP contribution >= 0.6 is 58.2 Å². The Kier molecular flexibility index (Phi) is 7.14. The number of nitrogens with one attached hydrogen (secondary N) is 1. The van der Waals surface area contributed by atoms with E-state index in [4.69, 9.17) is 51.1 Å². The summed E-state index contributed by atoms with van der Waals surface area (Å²) in [7, 11) is 0. The third-order valence-corrected chi connectivity index (χ3v) is 5.66. The molecule has 0 spiro atoms. The number of rotatable bonds is 4. The minimum Gasteiger partial charge on any atom is -0.486 e. The molecule has 3 rings (SSSR count). The molecular formula is C19H12Cl4N2O3S. The lowest BCUT2D eigenvalue weighted by Gasteiger charge is -2.12. The molecule has 1 aliphatic rings. The van der Waals surface area contributed by atoms with E-state index in [9.17, 15) is 9.59 Å². The Morgan fingerprint density at radius 1 is 1.14 bits per heavy atom. The zero-order valence-corrected chi connectivity index (χ0v) is 18.6. The predicted molar refractivity (Wildman–Crippen MR) is 119 cm³/mol. The van der Waals surface area contributed by atoms with Crippen LogP contribution < -0.4 is 10.1 Å². The highest BCUT2D eigenvalue weighted by Crippen LogP contribution is 2.37. The Hall–Kier alpha value is -1.70. The molecule has 29 heavy (non-hydrogen) atoms. The number of amides is 2. The highest BCUT2D eigenvalue weighted by molar-refractivity contribution is 8.18. The van der Waals surface area contributed by atoms with Crippen LogP contribution in [0, 0.1) is 0 Å². The number of ether oxygens (including phenoxy) is 1. The first-order valence-electron chi connectivity index (χ1n) is 8.09. The molecule has 0 saturated heterocycles. The van der Waals surface area contributed by atoms with E-state index in [0.29, 0.717) is 26.3 Å². The molecule has 0 fully saturated rings. The fraction of sp³-hybridized carbons (Fsp3) is 0.105. The first kappa shape index (κ1) is 22.0. The van der Waals surface area contributed by atoms with Gasteiger partial charge in [-0.1, -0.05) is 52.5 Å². The van der Waals surface area contributed by atoms with Gasteiger partial charge in [0.1, 0.15) is 6.61 Å². The molecule has 0 atom stereocenters. The smallest absolute Gasteiger partial charge is 0.286 e. The average molecular weight is 490 g/mol. The minimum atomic E-state index is -0.455. The van der Waals surface area contributed by atoms with Gasteiger partial charge in [0, 0.05) is 22.5 Å². The van der Waals surface area contributed by atoms with Gasteiger partial charge in [0.15, 0.2) is 10.9 Å². The van der Waals surface area contributed by atoms with Crippen LogP contribution in [0.4, 0.5) is 0 Å². The standard InChI is InChI=1S/C19H12Cl4N2O3S/c1-9(26)24-19-25-18(27)16(29-19)6-10-4-14(22)17(15(23)5-10)28-8-11-2-3-12(20)7-13(11)21/h2-7H,8H2,1H3,(H,24,25,26,27)/b16-6+. The van der Waals surface area contributed by atoms with Crippen LogP contribution in [-0.2, 0) is 16.2 Å². The Balaban J connectivity index is 1.76. The van der Waals surface area contributed by atoms with Crippen LogP contribution in [0.2, 0.25) is 20.1 Å². The molecule has 1 aliphatic heterocycles. The summed E-state index contributed by atoms with van der Waals surface area (Å²) < 4.78 is 5.73. The van der Waals surface area contributed by atoms with Gasteiger partial charge in [-0.25, -0.2) is 0 Å². The first-order chi connectivity index (χ1) is 13.7. The molecule has 150 valence electrons. The average Bonchev–Trinajstić information content (AvgIpc) is 2.94. The summed E-state index contributed by atoms with van der Waals surface area (Å²) >= 11 is 25.7. The molecule has 0 aliphatic carbocycles. The fourth-order valence-corrected chi connectivity index (χ4v) is 4.29. The number of hydrogen-bond acceptors (Lipinski definition) is 4. The molecule has 5 nitrogen and oxygen atoms in total. The number of thioether (sulfide) groups is 1. The fourth-order valence-electron chi connectivity index (χ4n) is 2.35. The number of carbonyl (C=O) groups is 2. The number of nitrogens with zero attached hydrogens (tertiary/aromatic N) is 1. The number of amidine groups is 1. The van der Waals surface area contributed by atoms with Crippen LogP contribution in [-0.4, -0.2) is 17.0 Å². The molecule has 0 aromatic heterocycles. The van der Waals surface area contributed by atoms with E-state index in [1.807, 2.05) is 0 Å². The first-order valence-corrected chi connectivity index (χ1v) is 10.4. The Morgan fingerprint density at radius 3 is 2.45 bits per heavy atom. The number of carbonyl (C=O) groups excluding carboxylic acids is 2. The van der Waals surface area contributed by atoms with Gasteiger partial charge >= 0.3 is 0 Å². The molecule has 2 aromatic rings. The third-order valence-electron chi connectivity index (χ3n) is 3.61. The van der Waals surface area contributed by atoms with E-state index >= 15 is 0 Å². The van der Waals surface area contributed by atoms with Crippen molar-refractivity contribution in [1.82, 2.24) is 5.32 Å². The number of hydrogen-bond donors (Lipinski definition) is 1. The number of benzene rings is 2. The highest BCUT2D eigenvalue weighted by atomic mass is 35.5. The maximum absolute atomic E-state index is 12.0. The molecule has 10 heteroatoms. The van der Waals surface area contributed by atoms with Crippen molar-refractivity contribution < 1.29 is 14.3 Å². The minimum absolute atomic E-state index is 0.151. The molecule has 0 saturated carbocycles. The molecule has 0 radical (unpaired) electrons. The van der Waals surface area contributed by atoms with Gasteiger partial charge in [0.05, 0.1) is 15.0 Å². The van der Waals surface area contributed by atoms with Gasteiger partial charge in [-0.3, -0.25) is 9.59 Å². The van der Waals surface area contributed by atoms with Crippen molar-refractivity contribution in [2.24, 2.45) is 4.99 Å². The summed E-state index contributed by atoms with van der Waals surface area (Å²) in [5, 5.41) is 4.25. The normalized spacial score (nSPS) is 14.9. The lowest BCUT2D eigenvalue weighted by molar-refractivity contribution is -0.117. The molecule has 1 heterocycles. The highest BCUT2D eigenvalue weighted by Gasteiger charge is 2.23. The summed E-state index contributed by atoms with van der Waals surface area (Å²) in [5.74, 6) is -0.468. The van der Waals surface area contributed by atoms with Crippen molar-refractivity contribution >= 4 is 81.2 Å². The Morgan fingerprint density at radius 2 is 1.83 bits per heavy atom. The van der Waals surface area contributed by atoms with Gasteiger partial charge in [-0.2, -0.15) is 4.99 Å². The van der Waals surface area contributed by atoms with Crippen molar-refractivity contribution in [3.05, 3.63) is 66.5 Å². The zero-order valence-electron chi connectivity index (χ0n) is 14.8. The second-order valence-corrected chi connectivity index (χ2v) is 8.54. The van der Waals surface area contributed by atoms with Crippen LogP contribution in [0.1, 0.15) is 18.1 Å². The van der Waals surface area contributed by atoms with Crippen LogP contribution in [0.5, 0.6) is 5.75 Å². The maximum Gasteiger partial charge on any atom is 0.286 e. The van der Waals surface area contributed by atoms with E-state index in [1.165, 1.54) is 6.92 Å². The van der Waals surface area contributed by atoms with Crippen LogP contribution in [0.25, 0.3) is 6.08 Å². The van der Waals surface area contributed by atoms with Gasteiger partial charge in [0.25, 0.3) is 5.91 Å². The second-order valence-electron chi connectivity index (χ2n) is 5.85. The number of halogens is 4. The van der Waals surface area contributed by atoms with Crippen molar-refractivity contribution in [2.45, 2.75) is 13.5 Å². The van der Waals surface area contributed by atoms with E-state index in [2.05, 4.69) is 10.3 Å². The van der Waals surface area contributed by atoms with Crippen LogP contribution in [0.15, 0.2) is 40.2 Å². The van der Waals surface area contributed by atoms with E-state index in [0.717, 1.165) is 17.3 Å². The molecule has 1 N–H and O–H groups in total. The Bertz CT molecular complexity index is 1050. The van der Waals surface area contributed by atoms with Gasteiger partial charge in [-0.05, 0) is 47.7 Å². The second kappa shape index (κ2) is 9.41. The predicted octanol–water partition coefficient (Wildman–Crippen LogP) is 5.99. The monoisotopic (exact) mass is 488 g/mol. The topological polar surface area (TPSA) is 67.8 Å². The van der Waals surface area contributed by atoms with Crippen molar-refractivity contribution in [3.8, 4) is 5.75 Å². The van der Waals surface area contributed by atoms with Gasteiger partial charge in [0.2, 0.25) is 5.91 Å². The maximum atomic E-state index is 12.0. The molecule has 2 amide bonds. The van der Waals surface area contributed by atoms with E-state index in [1.54, 1.807) is 36.4 Å². The quantitative estimate of drug-likeness (QED) is 0.536. The SMILES string of the molecule is CC(=O)NC1=NC(=O)/C(=C\c2cc(Cl)c(OCc3ccc(Cl)cc3Cl)c(Cl)c2)S1. The Labute approximate surface area is 191 Å². The molecule has 0 bridgehead atoms. The van der Waals surface area contributed by atoms with E-state index < -0.39 is 5.91 Å². The summed E-state index contributed by atoms with van der Waals surface area (Å²) in [6, 6.07) is 8.31. The van der Waals surface area contributed by atoms with Crippen molar-refractivity contribution in [1.29, 1.82) is 0 Å². The largest absolute Gasteiger partial charge is 0.486 e. The summed E-state index contributed by atoms with van der Waals surface area (Å²) in [6.07, 6.45) is 1.59. The summed E-state index contributed by atoms with van der Waals surface area (Å²) in [4.78, 5) is 27.2. The molecular weight excluding hydrogens is 478 g/mol. The summed E-state index contributed by atoms with van der Waals surface area (Å²) in [5.41, 5.74) is 1.32.